The van der Waals surface area contributed by atoms with Crippen molar-refractivity contribution in [3.05, 3.63) is 106 Å². The van der Waals surface area contributed by atoms with Crippen LogP contribution in [0.5, 0.6) is 11.5 Å². The van der Waals surface area contributed by atoms with Gasteiger partial charge >= 0.3 is 0 Å². The van der Waals surface area contributed by atoms with Crippen LogP contribution >= 0.6 is 11.6 Å². The predicted octanol–water partition coefficient (Wildman–Crippen LogP) is 6.46. The van der Waals surface area contributed by atoms with Crippen molar-refractivity contribution in [1.29, 1.82) is 10.5 Å². The molecule has 0 aliphatic rings. The van der Waals surface area contributed by atoms with Crippen molar-refractivity contribution in [1.82, 2.24) is 0 Å². The highest BCUT2D eigenvalue weighted by molar-refractivity contribution is 6.30. The van der Waals surface area contributed by atoms with Gasteiger partial charge in [-0.3, -0.25) is 4.79 Å². The lowest BCUT2D eigenvalue weighted by molar-refractivity contribution is -0.112. The van der Waals surface area contributed by atoms with Crippen molar-refractivity contribution in [2.24, 2.45) is 0 Å². The van der Waals surface area contributed by atoms with Crippen LogP contribution < -0.4 is 14.8 Å². The molecule has 3 aromatic carbocycles. The third-order valence-corrected chi connectivity index (χ3v) is 5.36. The van der Waals surface area contributed by atoms with Gasteiger partial charge in [0.1, 0.15) is 18.2 Å². The van der Waals surface area contributed by atoms with E-state index in [0.717, 1.165) is 11.1 Å². The van der Waals surface area contributed by atoms with Crippen LogP contribution in [-0.4, -0.2) is 12.5 Å². The molecule has 0 saturated carbocycles. The summed E-state index contributed by atoms with van der Waals surface area (Å²) in [5.41, 5.74) is 3.10. The number of nitriles is 2. The van der Waals surface area contributed by atoms with E-state index in [1.54, 1.807) is 48.5 Å². The minimum absolute atomic E-state index is 0.0754. The van der Waals surface area contributed by atoms with Crippen molar-refractivity contribution in [2.75, 3.05) is 11.9 Å². The zero-order chi connectivity index (χ0) is 25.9. The predicted molar refractivity (Wildman–Crippen MR) is 141 cm³/mol. The van der Waals surface area contributed by atoms with Crippen LogP contribution in [0.1, 0.15) is 29.2 Å². The Labute approximate surface area is 215 Å². The number of anilines is 1. The first-order valence-electron chi connectivity index (χ1n) is 11.2. The Morgan fingerprint density at radius 2 is 1.83 bits per heavy atom. The number of rotatable bonds is 10. The Hall–Kier alpha value is -4.52. The van der Waals surface area contributed by atoms with Crippen LogP contribution in [0.2, 0.25) is 5.02 Å². The Balaban J connectivity index is 1.94. The van der Waals surface area contributed by atoms with E-state index >= 15 is 0 Å². The molecule has 0 aliphatic carbocycles. The second-order valence-corrected chi connectivity index (χ2v) is 8.06. The molecule has 0 saturated heterocycles. The lowest BCUT2D eigenvalue weighted by Gasteiger charge is -2.17. The van der Waals surface area contributed by atoms with Gasteiger partial charge in [0, 0.05) is 21.8 Å². The third-order valence-electron chi connectivity index (χ3n) is 5.11. The fourth-order valence-corrected chi connectivity index (χ4v) is 3.58. The average Bonchev–Trinajstić information content (AvgIpc) is 2.88. The van der Waals surface area contributed by atoms with Gasteiger partial charge in [-0.15, -0.1) is 6.58 Å². The number of benzene rings is 3. The summed E-state index contributed by atoms with van der Waals surface area (Å²) in [6.07, 6.45) is 3.69. The summed E-state index contributed by atoms with van der Waals surface area (Å²) in [4.78, 5) is 12.7. The van der Waals surface area contributed by atoms with Crippen LogP contribution in [0.25, 0.3) is 6.08 Å². The molecule has 0 atom stereocenters. The van der Waals surface area contributed by atoms with E-state index < -0.39 is 5.91 Å². The van der Waals surface area contributed by atoms with Gasteiger partial charge in [-0.1, -0.05) is 35.9 Å². The summed E-state index contributed by atoms with van der Waals surface area (Å²) in [7, 11) is 0. The molecular formula is C29H24ClN3O3. The summed E-state index contributed by atoms with van der Waals surface area (Å²) in [5.74, 6) is 0.440. The molecule has 0 heterocycles. The Kier molecular flexibility index (Phi) is 9.28. The SMILES string of the molecule is C=CCc1cc(/C=C(\C#N)C(=O)Nc2ccc(Cl)cc2)cc(OCC)c1OCc1ccccc1C#N. The minimum atomic E-state index is -0.545. The number of nitrogens with one attached hydrogen (secondary N) is 1. The van der Waals surface area contributed by atoms with Gasteiger partial charge < -0.3 is 14.8 Å². The second kappa shape index (κ2) is 12.8. The zero-order valence-corrected chi connectivity index (χ0v) is 20.5. The van der Waals surface area contributed by atoms with Crippen molar-refractivity contribution in [3.8, 4) is 23.6 Å². The van der Waals surface area contributed by atoms with Gasteiger partial charge in [0.25, 0.3) is 5.91 Å². The molecule has 36 heavy (non-hydrogen) atoms. The molecule has 7 heteroatoms. The van der Waals surface area contributed by atoms with Gasteiger partial charge in [-0.2, -0.15) is 10.5 Å². The van der Waals surface area contributed by atoms with E-state index in [2.05, 4.69) is 18.0 Å². The van der Waals surface area contributed by atoms with E-state index in [1.165, 1.54) is 6.08 Å². The van der Waals surface area contributed by atoms with E-state index in [9.17, 15) is 15.3 Å². The second-order valence-electron chi connectivity index (χ2n) is 7.62. The molecule has 180 valence electrons. The Bertz CT molecular complexity index is 1370. The molecule has 0 aromatic heterocycles. The fourth-order valence-electron chi connectivity index (χ4n) is 3.45. The van der Waals surface area contributed by atoms with Gasteiger partial charge in [-0.25, -0.2) is 0 Å². The lowest BCUT2D eigenvalue weighted by Crippen LogP contribution is -2.13. The highest BCUT2D eigenvalue weighted by Crippen LogP contribution is 2.35. The van der Waals surface area contributed by atoms with Crippen LogP contribution in [0, 0.1) is 22.7 Å². The molecule has 0 fully saturated rings. The average molecular weight is 498 g/mol. The normalized spacial score (nSPS) is 10.6. The number of carbonyl (C=O) groups is 1. The van der Waals surface area contributed by atoms with Crippen LogP contribution in [0.15, 0.2) is 78.9 Å². The molecule has 3 rings (SSSR count). The number of hydrogen-bond acceptors (Lipinski definition) is 5. The van der Waals surface area contributed by atoms with Gasteiger partial charge in [-0.05, 0) is 67.4 Å². The van der Waals surface area contributed by atoms with E-state index in [-0.39, 0.29) is 12.2 Å². The zero-order valence-electron chi connectivity index (χ0n) is 19.8. The van der Waals surface area contributed by atoms with Crippen molar-refractivity contribution in [2.45, 2.75) is 20.0 Å². The minimum Gasteiger partial charge on any atom is -0.490 e. The van der Waals surface area contributed by atoms with Gasteiger partial charge in [0.15, 0.2) is 11.5 Å². The summed E-state index contributed by atoms with van der Waals surface area (Å²) in [6, 6.07) is 21.5. The molecule has 0 unspecified atom stereocenters. The molecule has 0 radical (unpaired) electrons. The number of halogens is 1. The summed E-state index contributed by atoms with van der Waals surface area (Å²) in [5, 5.41) is 22.2. The molecular weight excluding hydrogens is 474 g/mol. The van der Waals surface area contributed by atoms with E-state index in [1.807, 2.05) is 31.2 Å². The maximum Gasteiger partial charge on any atom is 0.266 e. The van der Waals surface area contributed by atoms with Crippen molar-refractivity contribution in [3.63, 3.8) is 0 Å². The largest absolute Gasteiger partial charge is 0.490 e. The maximum atomic E-state index is 12.7. The maximum absolute atomic E-state index is 12.7. The molecule has 3 aromatic rings. The number of hydrogen-bond donors (Lipinski definition) is 1. The number of amides is 1. The molecule has 1 N–H and O–H groups in total. The highest BCUT2D eigenvalue weighted by atomic mass is 35.5. The number of carbonyl (C=O) groups excluding carboxylic acids is 1. The quantitative estimate of drug-likeness (QED) is 0.197. The third kappa shape index (κ3) is 6.76. The first-order valence-corrected chi connectivity index (χ1v) is 11.6. The van der Waals surface area contributed by atoms with Crippen molar-refractivity contribution >= 4 is 29.3 Å². The Morgan fingerprint density at radius 3 is 2.50 bits per heavy atom. The molecule has 6 nitrogen and oxygen atoms in total. The molecule has 0 spiro atoms. The topological polar surface area (TPSA) is 95.1 Å². The van der Waals surface area contributed by atoms with Crippen molar-refractivity contribution < 1.29 is 14.3 Å². The summed E-state index contributed by atoms with van der Waals surface area (Å²) >= 11 is 5.89. The Morgan fingerprint density at radius 1 is 1.08 bits per heavy atom. The fraction of sp³-hybridized carbons (Fsp3) is 0.138. The molecule has 0 aliphatic heterocycles. The van der Waals surface area contributed by atoms with Gasteiger partial charge in [0.2, 0.25) is 0 Å². The van der Waals surface area contributed by atoms with E-state index in [4.69, 9.17) is 21.1 Å². The van der Waals surface area contributed by atoms with Gasteiger partial charge in [0.05, 0.1) is 18.2 Å². The van der Waals surface area contributed by atoms with E-state index in [0.29, 0.717) is 46.4 Å². The standard InChI is InChI=1S/C29H24ClN3O3/c1-3-7-21-14-20(15-24(18-32)29(34)33-26-12-10-25(30)11-13-26)16-27(35-4-2)28(21)36-19-23-9-6-5-8-22(23)17-31/h3,5-6,8-16H,1,4,7,19H2,2H3,(H,33,34)/b24-15+. The first kappa shape index (κ1) is 26.1. The number of allylic oxidation sites excluding steroid dienone is 1. The first-order chi connectivity index (χ1) is 17.5. The monoisotopic (exact) mass is 497 g/mol. The number of ether oxygens (including phenoxy) is 2. The van der Waals surface area contributed by atoms with Crippen LogP contribution in [-0.2, 0) is 17.8 Å². The highest BCUT2D eigenvalue weighted by Gasteiger charge is 2.16. The summed E-state index contributed by atoms with van der Waals surface area (Å²) in [6.45, 7) is 6.24. The summed E-state index contributed by atoms with van der Waals surface area (Å²) < 4.78 is 12.0. The van der Waals surface area contributed by atoms with Crippen LogP contribution in [0.3, 0.4) is 0 Å². The molecule has 0 bridgehead atoms. The smallest absolute Gasteiger partial charge is 0.266 e. The van der Waals surface area contributed by atoms with Crippen LogP contribution in [0.4, 0.5) is 5.69 Å². The lowest BCUT2D eigenvalue weighted by atomic mass is 10.0. The molecule has 1 amide bonds. The number of nitrogens with zero attached hydrogens (tertiary/aromatic N) is 2.